The van der Waals surface area contributed by atoms with Crippen LogP contribution in [0.1, 0.15) is 21.6 Å². The third kappa shape index (κ3) is 3.95. The molecule has 0 saturated carbocycles. The van der Waals surface area contributed by atoms with Gasteiger partial charge in [-0.15, -0.1) is 0 Å². The molecule has 0 aliphatic carbocycles. The Morgan fingerprint density at radius 2 is 2.04 bits per heavy atom. The van der Waals surface area contributed by atoms with Gasteiger partial charge in [-0.3, -0.25) is 14.5 Å². The fourth-order valence-corrected chi connectivity index (χ4v) is 3.29. The van der Waals surface area contributed by atoms with Gasteiger partial charge < -0.3 is 20.5 Å². The topological polar surface area (TPSA) is 97.5 Å². The minimum Gasteiger partial charge on any atom is -0.354 e. The van der Waals surface area contributed by atoms with E-state index in [2.05, 4.69) is 20.5 Å². The fourth-order valence-electron chi connectivity index (χ4n) is 3.29. The van der Waals surface area contributed by atoms with Crippen molar-refractivity contribution in [3.63, 3.8) is 0 Å². The number of carbonyl (C=O) groups excluding carboxylic acids is 3. The number of carbonyl (C=O) groups is 3. The molecule has 8 nitrogen and oxygen atoms in total. The van der Waals surface area contributed by atoms with Crippen LogP contribution in [0, 0.1) is 0 Å². The third-order valence-electron chi connectivity index (χ3n) is 4.79. The summed E-state index contributed by atoms with van der Waals surface area (Å²) in [6, 6.07) is 5.61. The number of imide groups is 1. The predicted molar refractivity (Wildman–Crippen MR) is 103 cm³/mol. The molecule has 0 bridgehead atoms. The van der Waals surface area contributed by atoms with Crippen molar-refractivity contribution in [2.45, 2.75) is 12.8 Å². The maximum absolute atomic E-state index is 12.3. The summed E-state index contributed by atoms with van der Waals surface area (Å²) in [6.45, 7) is 1.24. The van der Waals surface area contributed by atoms with Crippen LogP contribution in [0.5, 0.6) is 0 Å². The quantitative estimate of drug-likeness (QED) is 0.625. The molecule has 3 rings (SSSR count). The third-order valence-corrected chi connectivity index (χ3v) is 4.79. The summed E-state index contributed by atoms with van der Waals surface area (Å²) in [5.74, 6) is -0.336. The minimum absolute atomic E-state index is 0.0693. The van der Waals surface area contributed by atoms with Crippen LogP contribution >= 0.6 is 0 Å². The van der Waals surface area contributed by atoms with Gasteiger partial charge >= 0.3 is 6.03 Å². The minimum atomic E-state index is -0.337. The Balaban J connectivity index is 1.88. The zero-order chi connectivity index (χ0) is 19.6. The molecule has 1 aromatic heterocycles. The van der Waals surface area contributed by atoms with E-state index < -0.39 is 0 Å². The lowest BCUT2D eigenvalue weighted by molar-refractivity contribution is -0.124. The number of H-pyrrole nitrogens is 1. The number of nitrogens with zero attached hydrogens (tertiary/aromatic N) is 2. The second-order valence-electron chi connectivity index (χ2n) is 6.94. The van der Waals surface area contributed by atoms with Crippen LogP contribution in [0.25, 0.3) is 10.9 Å². The molecule has 1 saturated heterocycles. The van der Waals surface area contributed by atoms with Gasteiger partial charge in [-0.1, -0.05) is 6.07 Å². The van der Waals surface area contributed by atoms with Crippen molar-refractivity contribution in [3.8, 4) is 0 Å². The number of aromatic amines is 1. The zero-order valence-electron chi connectivity index (χ0n) is 15.9. The first kappa shape index (κ1) is 18.9. The van der Waals surface area contributed by atoms with E-state index in [0.717, 1.165) is 35.0 Å². The second-order valence-corrected chi connectivity index (χ2v) is 6.94. The van der Waals surface area contributed by atoms with Crippen LogP contribution in [-0.4, -0.2) is 73.4 Å². The normalized spacial score (nSPS) is 14.3. The van der Waals surface area contributed by atoms with Gasteiger partial charge in [0.05, 0.1) is 6.54 Å². The average Bonchev–Trinajstić information content (AvgIpc) is 3.17. The molecule has 2 heterocycles. The molecule has 0 radical (unpaired) electrons. The average molecular weight is 371 g/mol. The molecule has 1 fully saturated rings. The molecule has 144 valence electrons. The Bertz CT molecular complexity index is 871. The van der Waals surface area contributed by atoms with E-state index in [1.54, 1.807) is 7.05 Å². The molecule has 1 aliphatic heterocycles. The Hall–Kier alpha value is -2.87. The summed E-state index contributed by atoms with van der Waals surface area (Å²) in [5, 5.41) is 6.22. The summed E-state index contributed by atoms with van der Waals surface area (Å²) in [5.41, 5.74) is 3.49. The van der Waals surface area contributed by atoms with Crippen molar-refractivity contribution in [3.05, 3.63) is 35.0 Å². The van der Waals surface area contributed by atoms with Gasteiger partial charge in [-0.05, 0) is 50.2 Å². The number of benzene rings is 1. The van der Waals surface area contributed by atoms with Crippen LogP contribution in [0.3, 0.4) is 0 Å². The SMILES string of the molecule is CNC(=O)c1[nH]c2ccc(CCN3C(=O)CNC3=O)cc2c1CCN(C)C. The Labute approximate surface area is 157 Å². The van der Waals surface area contributed by atoms with Crippen LogP contribution in [0.2, 0.25) is 0 Å². The number of fused-ring (bicyclic) bond motifs is 1. The summed E-state index contributed by atoms with van der Waals surface area (Å²) >= 11 is 0. The molecule has 27 heavy (non-hydrogen) atoms. The summed E-state index contributed by atoms with van der Waals surface area (Å²) < 4.78 is 0. The number of rotatable bonds is 7. The van der Waals surface area contributed by atoms with Gasteiger partial charge in [0.15, 0.2) is 0 Å². The van der Waals surface area contributed by atoms with Gasteiger partial charge in [0.1, 0.15) is 5.69 Å². The standard InChI is InChI=1S/C19H25N5O3/c1-20-18(26)17-13(7-8-23(2)3)14-10-12(4-5-15(14)22-17)6-9-24-16(25)11-21-19(24)27/h4-5,10,22H,6-9,11H2,1-3H3,(H,20,26)(H,21,27). The number of hydrogen-bond acceptors (Lipinski definition) is 4. The molecule has 4 amide bonds. The highest BCUT2D eigenvalue weighted by Gasteiger charge is 2.27. The molecular formula is C19H25N5O3. The summed E-state index contributed by atoms with van der Waals surface area (Å²) in [4.78, 5) is 42.2. The highest BCUT2D eigenvalue weighted by molar-refractivity contribution is 6.02. The first-order valence-corrected chi connectivity index (χ1v) is 8.99. The molecule has 1 aromatic carbocycles. The van der Waals surface area contributed by atoms with Gasteiger partial charge in [0.2, 0.25) is 5.91 Å². The number of aromatic nitrogens is 1. The van der Waals surface area contributed by atoms with E-state index in [1.165, 1.54) is 4.90 Å². The lowest BCUT2D eigenvalue weighted by Crippen LogP contribution is -2.32. The van der Waals surface area contributed by atoms with E-state index in [1.807, 2.05) is 32.3 Å². The van der Waals surface area contributed by atoms with Crippen molar-refractivity contribution in [1.29, 1.82) is 0 Å². The van der Waals surface area contributed by atoms with Crippen molar-refractivity contribution >= 4 is 28.7 Å². The van der Waals surface area contributed by atoms with Crippen LogP contribution < -0.4 is 10.6 Å². The largest absolute Gasteiger partial charge is 0.354 e. The van der Waals surface area contributed by atoms with Crippen molar-refractivity contribution < 1.29 is 14.4 Å². The lowest BCUT2D eigenvalue weighted by atomic mass is 10.0. The number of urea groups is 1. The van der Waals surface area contributed by atoms with Crippen molar-refractivity contribution in [1.82, 2.24) is 25.4 Å². The van der Waals surface area contributed by atoms with Gasteiger partial charge in [0.25, 0.3) is 5.91 Å². The molecule has 0 spiro atoms. The van der Waals surface area contributed by atoms with E-state index in [-0.39, 0.29) is 24.4 Å². The first-order valence-electron chi connectivity index (χ1n) is 8.99. The lowest BCUT2D eigenvalue weighted by Gasteiger charge is -2.12. The monoisotopic (exact) mass is 371 g/mol. The van der Waals surface area contributed by atoms with E-state index >= 15 is 0 Å². The molecule has 1 aliphatic rings. The zero-order valence-corrected chi connectivity index (χ0v) is 15.9. The highest BCUT2D eigenvalue weighted by atomic mass is 16.2. The smallest absolute Gasteiger partial charge is 0.324 e. The Morgan fingerprint density at radius 3 is 2.67 bits per heavy atom. The second kappa shape index (κ2) is 7.79. The van der Waals surface area contributed by atoms with Gasteiger partial charge in [-0.25, -0.2) is 4.79 Å². The molecule has 8 heteroatoms. The van der Waals surface area contributed by atoms with Crippen LogP contribution in [0.15, 0.2) is 18.2 Å². The van der Waals surface area contributed by atoms with E-state index in [9.17, 15) is 14.4 Å². The van der Waals surface area contributed by atoms with Gasteiger partial charge in [-0.2, -0.15) is 0 Å². The molecular weight excluding hydrogens is 346 g/mol. The van der Waals surface area contributed by atoms with Crippen molar-refractivity contribution in [2.75, 3.05) is 40.8 Å². The van der Waals surface area contributed by atoms with Crippen LogP contribution in [0.4, 0.5) is 4.79 Å². The number of nitrogens with one attached hydrogen (secondary N) is 3. The fraction of sp³-hybridized carbons (Fsp3) is 0.421. The number of likely N-dealkylation sites (N-methyl/N-ethyl adjacent to an activating group) is 1. The van der Waals surface area contributed by atoms with Crippen molar-refractivity contribution in [2.24, 2.45) is 0 Å². The highest BCUT2D eigenvalue weighted by Crippen LogP contribution is 2.25. The summed E-state index contributed by atoms with van der Waals surface area (Å²) in [7, 11) is 5.61. The van der Waals surface area contributed by atoms with Gasteiger partial charge in [0, 0.05) is 31.0 Å². The van der Waals surface area contributed by atoms with E-state index in [4.69, 9.17) is 0 Å². The Morgan fingerprint density at radius 1 is 1.26 bits per heavy atom. The summed E-state index contributed by atoms with van der Waals surface area (Å²) in [6.07, 6.45) is 1.31. The first-order chi connectivity index (χ1) is 12.9. The molecule has 2 aromatic rings. The maximum Gasteiger partial charge on any atom is 0.324 e. The maximum atomic E-state index is 12.3. The van der Waals surface area contributed by atoms with Crippen LogP contribution in [-0.2, 0) is 17.6 Å². The number of hydrogen-bond donors (Lipinski definition) is 3. The Kier molecular flexibility index (Phi) is 5.46. The number of amides is 4. The van der Waals surface area contributed by atoms with E-state index in [0.29, 0.717) is 18.7 Å². The molecule has 0 atom stereocenters. The molecule has 0 unspecified atom stereocenters. The molecule has 3 N–H and O–H groups in total. The predicted octanol–water partition coefficient (Wildman–Crippen LogP) is 0.726.